The van der Waals surface area contributed by atoms with Crippen molar-refractivity contribution in [3.8, 4) is 11.1 Å². The average molecular weight is 521 g/mol. The van der Waals surface area contributed by atoms with E-state index in [1.165, 1.54) is 0 Å². The maximum atomic E-state index is 13.5. The van der Waals surface area contributed by atoms with Gasteiger partial charge in [0.15, 0.2) is 5.78 Å². The van der Waals surface area contributed by atoms with Gasteiger partial charge in [-0.25, -0.2) is 4.79 Å². The van der Waals surface area contributed by atoms with E-state index in [1.807, 2.05) is 30.3 Å². The largest absolute Gasteiger partial charge is 0.444 e. The molecule has 2 aromatic carbocycles. The number of benzene rings is 2. The van der Waals surface area contributed by atoms with Crippen molar-refractivity contribution in [2.75, 3.05) is 11.9 Å². The highest BCUT2D eigenvalue weighted by Crippen LogP contribution is 2.31. The second-order valence-electron chi connectivity index (χ2n) is 11.1. The molecule has 9 heteroatoms. The van der Waals surface area contributed by atoms with Crippen LogP contribution in [0.3, 0.4) is 0 Å². The van der Waals surface area contributed by atoms with Gasteiger partial charge in [0.05, 0.1) is 6.42 Å². The summed E-state index contributed by atoms with van der Waals surface area (Å²) in [6, 6.07) is 11.9. The van der Waals surface area contributed by atoms with Crippen LogP contribution in [0.5, 0.6) is 0 Å². The molecule has 1 heterocycles. The lowest BCUT2D eigenvalue weighted by Gasteiger charge is -2.37. The molecule has 38 heavy (non-hydrogen) atoms. The van der Waals surface area contributed by atoms with Crippen LogP contribution in [0.25, 0.3) is 11.1 Å². The number of Topliss-reactive ketones (excluding diaryl/α,β-unsaturated/α-hetero) is 1. The molecule has 1 aliphatic heterocycles. The summed E-state index contributed by atoms with van der Waals surface area (Å²) in [6.45, 7) is 5.20. The van der Waals surface area contributed by atoms with E-state index in [2.05, 4.69) is 16.0 Å². The molecular weight excluding hydrogens is 484 g/mol. The Morgan fingerprint density at radius 1 is 1.03 bits per heavy atom. The van der Waals surface area contributed by atoms with E-state index in [0.717, 1.165) is 41.6 Å². The number of rotatable bonds is 7. The third kappa shape index (κ3) is 6.22. The fourth-order valence-corrected chi connectivity index (χ4v) is 5.01. The molecule has 1 unspecified atom stereocenters. The Balaban J connectivity index is 1.46. The Labute approximate surface area is 222 Å². The van der Waals surface area contributed by atoms with Gasteiger partial charge in [-0.2, -0.15) is 0 Å². The standard InChI is InChI=1S/C29H36N4O5/c1-28(2,3)38-27(37)33-29(13-5-4-6-14-29)26(36)32-23(17-30)25(35)19-9-7-18(8-10-19)20-11-12-21-16-24(34)31-22(21)15-20/h7-12,15,23H,4-6,13-14,16-17,30H2,1-3H3,(H,31,34)(H,32,36)(H,33,37). The lowest BCUT2D eigenvalue weighted by Crippen LogP contribution is -2.63. The molecule has 1 fully saturated rings. The van der Waals surface area contributed by atoms with Gasteiger partial charge >= 0.3 is 6.09 Å². The van der Waals surface area contributed by atoms with E-state index >= 15 is 0 Å². The first-order chi connectivity index (χ1) is 18.0. The van der Waals surface area contributed by atoms with Crippen molar-refractivity contribution in [3.63, 3.8) is 0 Å². The number of amides is 3. The minimum absolute atomic E-state index is 0.0238. The van der Waals surface area contributed by atoms with Crippen LogP contribution >= 0.6 is 0 Å². The number of carbonyl (C=O) groups excluding carboxylic acids is 4. The highest BCUT2D eigenvalue weighted by molar-refractivity contribution is 6.04. The number of ketones is 1. The van der Waals surface area contributed by atoms with Crippen LogP contribution in [0.15, 0.2) is 42.5 Å². The van der Waals surface area contributed by atoms with E-state index in [0.29, 0.717) is 24.8 Å². The molecule has 202 valence electrons. The van der Waals surface area contributed by atoms with Crippen molar-refractivity contribution in [2.24, 2.45) is 5.73 Å². The van der Waals surface area contributed by atoms with Gasteiger partial charge in [-0.1, -0.05) is 55.7 Å². The number of hydrogen-bond donors (Lipinski definition) is 4. The molecule has 2 aromatic rings. The quantitative estimate of drug-likeness (QED) is 0.411. The van der Waals surface area contributed by atoms with Crippen molar-refractivity contribution in [3.05, 3.63) is 53.6 Å². The molecule has 0 saturated heterocycles. The van der Waals surface area contributed by atoms with Gasteiger partial charge in [0.2, 0.25) is 11.8 Å². The summed E-state index contributed by atoms with van der Waals surface area (Å²) in [4.78, 5) is 51.0. The molecule has 3 amide bonds. The summed E-state index contributed by atoms with van der Waals surface area (Å²) in [5.41, 5.74) is 8.05. The zero-order valence-electron chi connectivity index (χ0n) is 22.2. The Bertz CT molecular complexity index is 1230. The number of hydrogen-bond acceptors (Lipinski definition) is 6. The highest BCUT2D eigenvalue weighted by Gasteiger charge is 2.43. The first-order valence-electron chi connectivity index (χ1n) is 13.1. The second-order valence-corrected chi connectivity index (χ2v) is 11.1. The molecule has 9 nitrogen and oxygen atoms in total. The normalized spacial score (nSPS) is 17.1. The maximum absolute atomic E-state index is 13.5. The third-order valence-electron chi connectivity index (χ3n) is 6.98. The van der Waals surface area contributed by atoms with Gasteiger partial charge in [0, 0.05) is 17.8 Å². The smallest absolute Gasteiger partial charge is 0.408 e. The Morgan fingerprint density at radius 3 is 2.32 bits per heavy atom. The van der Waals surface area contributed by atoms with Crippen molar-refractivity contribution in [2.45, 2.75) is 76.5 Å². The van der Waals surface area contributed by atoms with Gasteiger partial charge < -0.3 is 26.4 Å². The van der Waals surface area contributed by atoms with Crippen LogP contribution in [0.4, 0.5) is 10.5 Å². The van der Waals surface area contributed by atoms with E-state index in [4.69, 9.17) is 10.5 Å². The second kappa shape index (κ2) is 10.9. The SMILES string of the molecule is CC(C)(C)OC(=O)NC1(C(=O)NC(CN)C(=O)c2ccc(-c3ccc4c(c3)NC(=O)C4)cc2)CCCCC1. The van der Waals surface area contributed by atoms with Crippen LogP contribution in [-0.4, -0.2) is 47.4 Å². The van der Waals surface area contributed by atoms with Crippen LogP contribution in [0.2, 0.25) is 0 Å². The van der Waals surface area contributed by atoms with Crippen molar-refractivity contribution >= 4 is 29.4 Å². The minimum atomic E-state index is -1.15. The lowest BCUT2D eigenvalue weighted by atomic mass is 9.80. The van der Waals surface area contributed by atoms with Crippen LogP contribution in [0, 0.1) is 0 Å². The van der Waals surface area contributed by atoms with Crippen LogP contribution < -0.4 is 21.7 Å². The van der Waals surface area contributed by atoms with Crippen LogP contribution in [0.1, 0.15) is 68.8 Å². The lowest BCUT2D eigenvalue weighted by molar-refractivity contribution is -0.129. The van der Waals surface area contributed by atoms with Gasteiger partial charge in [-0.15, -0.1) is 0 Å². The molecule has 4 rings (SSSR count). The molecule has 2 aliphatic rings. The number of ether oxygens (including phenoxy) is 1. The summed E-state index contributed by atoms with van der Waals surface area (Å²) in [6.07, 6.45) is 3.15. The molecular formula is C29H36N4O5. The predicted molar refractivity (Wildman–Crippen MR) is 145 cm³/mol. The summed E-state index contributed by atoms with van der Waals surface area (Å²) in [5.74, 6) is -0.759. The molecule has 1 aliphatic carbocycles. The number of fused-ring (bicyclic) bond motifs is 1. The van der Waals surface area contributed by atoms with E-state index < -0.39 is 29.2 Å². The summed E-state index contributed by atoms with van der Waals surface area (Å²) in [5, 5.41) is 8.44. The monoisotopic (exact) mass is 520 g/mol. The zero-order valence-corrected chi connectivity index (χ0v) is 22.2. The molecule has 0 spiro atoms. The highest BCUT2D eigenvalue weighted by atomic mass is 16.6. The zero-order chi connectivity index (χ0) is 27.5. The number of carbonyl (C=O) groups is 4. The fourth-order valence-electron chi connectivity index (χ4n) is 5.01. The number of anilines is 1. The molecule has 5 N–H and O–H groups in total. The Morgan fingerprint density at radius 2 is 1.68 bits per heavy atom. The van der Waals surface area contributed by atoms with Crippen LogP contribution in [-0.2, 0) is 20.7 Å². The molecule has 0 aromatic heterocycles. The van der Waals surface area contributed by atoms with Gasteiger partial charge in [0.1, 0.15) is 17.2 Å². The van der Waals surface area contributed by atoms with Crippen molar-refractivity contribution in [1.29, 1.82) is 0 Å². The number of nitrogens with two attached hydrogens (primary N) is 1. The van der Waals surface area contributed by atoms with Gasteiger partial charge in [0.25, 0.3) is 0 Å². The first-order valence-corrected chi connectivity index (χ1v) is 13.1. The molecule has 0 radical (unpaired) electrons. The summed E-state index contributed by atoms with van der Waals surface area (Å²) in [7, 11) is 0. The maximum Gasteiger partial charge on any atom is 0.408 e. The van der Waals surface area contributed by atoms with E-state index in [1.54, 1.807) is 32.9 Å². The average Bonchev–Trinajstić information content (AvgIpc) is 3.25. The topological polar surface area (TPSA) is 140 Å². The van der Waals surface area contributed by atoms with E-state index in [9.17, 15) is 19.2 Å². The molecule has 1 saturated carbocycles. The Kier molecular flexibility index (Phi) is 7.87. The van der Waals surface area contributed by atoms with Gasteiger partial charge in [-0.05, 0) is 56.4 Å². The molecule has 1 atom stereocenters. The first kappa shape index (κ1) is 27.3. The Hall–Kier alpha value is -3.72. The number of alkyl carbamates (subject to hydrolysis) is 1. The summed E-state index contributed by atoms with van der Waals surface area (Å²) >= 11 is 0. The summed E-state index contributed by atoms with van der Waals surface area (Å²) < 4.78 is 5.40. The fraction of sp³-hybridized carbons (Fsp3) is 0.448. The minimum Gasteiger partial charge on any atom is -0.444 e. The van der Waals surface area contributed by atoms with Gasteiger partial charge in [-0.3, -0.25) is 14.4 Å². The van der Waals surface area contributed by atoms with E-state index in [-0.39, 0.29) is 18.2 Å². The molecule has 0 bridgehead atoms. The van der Waals surface area contributed by atoms with Crippen molar-refractivity contribution in [1.82, 2.24) is 10.6 Å². The van der Waals surface area contributed by atoms with Crippen molar-refractivity contribution < 1.29 is 23.9 Å². The third-order valence-corrected chi connectivity index (χ3v) is 6.98. The number of nitrogens with one attached hydrogen (secondary N) is 3. The predicted octanol–water partition coefficient (Wildman–Crippen LogP) is 3.70.